The van der Waals surface area contributed by atoms with E-state index in [0.29, 0.717) is 11.2 Å². The number of benzene rings is 1. The standard InChI is InChI=1S/C14H14N2O5/c17-11-3-1-2-9-4-5-10(15-14(9)11)6-16(7-12(18)19)8-13(20)21/h1-5,17H,6-8H2,(H,18,19)(H,20,21). The second-order valence-corrected chi connectivity index (χ2v) is 4.58. The van der Waals surface area contributed by atoms with Crippen molar-refractivity contribution in [3.8, 4) is 5.75 Å². The summed E-state index contributed by atoms with van der Waals surface area (Å²) in [5, 5.41) is 28.1. The van der Waals surface area contributed by atoms with Gasteiger partial charge in [0.1, 0.15) is 11.3 Å². The molecule has 3 N–H and O–H groups in total. The number of nitrogens with zero attached hydrogens (tertiary/aromatic N) is 2. The molecule has 2 rings (SSSR count). The highest BCUT2D eigenvalue weighted by Gasteiger charge is 2.15. The van der Waals surface area contributed by atoms with Crippen LogP contribution >= 0.6 is 0 Å². The lowest BCUT2D eigenvalue weighted by atomic mass is 10.2. The van der Waals surface area contributed by atoms with Gasteiger partial charge in [0, 0.05) is 11.9 Å². The van der Waals surface area contributed by atoms with E-state index in [9.17, 15) is 14.7 Å². The minimum atomic E-state index is -1.11. The Bertz CT molecular complexity index is 670. The van der Waals surface area contributed by atoms with Crippen LogP contribution < -0.4 is 0 Å². The van der Waals surface area contributed by atoms with Gasteiger partial charge in [-0.25, -0.2) is 4.98 Å². The van der Waals surface area contributed by atoms with Gasteiger partial charge in [0.25, 0.3) is 0 Å². The largest absolute Gasteiger partial charge is 0.506 e. The SMILES string of the molecule is O=C(O)CN(CC(=O)O)Cc1ccc2cccc(O)c2n1. The zero-order valence-electron chi connectivity index (χ0n) is 11.1. The summed E-state index contributed by atoms with van der Waals surface area (Å²) in [7, 11) is 0. The summed E-state index contributed by atoms with van der Waals surface area (Å²) in [6.45, 7) is -0.720. The van der Waals surface area contributed by atoms with Crippen LogP contribution in [0.25, 0.3) is 10.9 Å². The average Bonchev–Trinajstić information content (AvgIpc) is 2.38. The minimum absolute atomic E-state index is 0.0253. The number of rotatable bonds is 6. The van der Waals surface area contributed by atoms with Crippen LogP contribution in [0, 0.1) is 0 Å². The number of pyridine rings is 1. The third-order valence-electron chi connectivity index (χ3n) is 2.86. The van der Waals surface area contributed by atoms with Gasteiger partial charge in [-0.3, -0.25) is 14.5 Å². The second-order valence-electron chi connectivity index (χ2n) is 4.58. The van der Waals surface area contributed by atoms with Crippen molar-refractivity contribution in [3.05, 3.63) is 36.0 Å². The Morgan fingerprint density at radius 2 is 1.71 bits per heavy atom. The van der Waals surface area contributed by atoms with Crippen LogP contribution in [0.2, 0.25) is 0 Å². The Kier molecular flexibility index (Phi) is 4.34. The zero-order chi connectivity index (χ0) is 15.4. The number of hydrogen-bond acceptors (Lipinski definition) is 5. The van der Waals surface area contributed by atoms with Crippen LogP contribution in [-0.4, -0.2) is 50.2 Å². The fraction of sp³-hybridized carbons (Fsp3) is 0.214. The highest BCUT2D eigenvalue weighted by Crippen LogP contribution is 2.22. The predicted molar refractivity (Wildman–Crippen MR) is 74.0 cm³/mol. The van der Waals surface area contributed by atoms with Crippen LogP contribution in [-0.2, 0) is 16.1 Å². The van der Waals surface area contributed by atoms with Crippen molar-refractivity contribution in [2.24, 2.45) is 0 Å². The van der Waals surface area contributed by atoms with Gasteiger partial charge in [0.15, 0.2) is 0 Å². The third-order valence-corrected chi connectivity index (χ3v) is 2.86. The summed E-state index contributed by atoms with van der Waals surface area (Å²) in [4.78, 5) is 27.0. The Hall–Kier alpha value is -2.67. The van der Waals surface area contributed by atoms with Crippen LogP contribution in [0.4, 0.5) is 0 Å². The molecule has 0 aliphatic carbocycles. The fourth-order valence-corrected chi connectivity index (χ4v) is 2.04. The lowest BCUT2D eigenvalue weighted by Gasteiger charge is -2.17. The first-order valence-electron chi connectivity index (χ1n) is 6.19. The molecule has 0 bridgehead atoms. The topological polar surface area (TPSA) is 111 Å². The number of carbonyl (C=O) groups is 2. The maximum Gasteiger partial charge on any atom is 0.317 e. The van der Waals surface area contributed by atoms with Gasteiger partial charge in [-0.15, -0.1) is 0 Å². The molecular formula is C14H14N2O5. The molecule has 7 nitrogen and oxygen atoms in total. The van der Waals surface area contributed by atoms with Crippen molar-refractivity contribution in [1.82, 2.24) is 9.88 Å². The molecule has 0 aliphatic heterocycles. The summed E-state index contributed by atoms with van der Waals surface area (Å²) in [6, 6.07) is 8.42. The molecule has 0 radical (unpaired) electrons. The first-order valence-corrected chi connectivity index (χ1v) is 6.19. The normalized spacial score (nSPS) is 10.9. The summed E-state index contributed by atoms with van der Waals surface area (Å²) in [5.74, 6) is -2.20. The fourth-order valence-electron chi connectivity index (χ4n) is 2.04. The van der Waals surface area contributed by atoms with Gasteiger partial charge in [0.05, 0.1) is 18.8 Å². The van der Waals surface area contributed by atoms with E-state index < -0.39 is 25.0 Å². The molecule has 0 unspecified atom stereocenters. The Labute approximate surface area is 120 Å². The average molecular weight is 290 g/mol. The summed E-state index contributed by atoms with van der Waals surface area (Å²) in [5.41, 5.74) is 0.895. The Morgan fingerprint density at radius 1 is 1.05 bits per heavy atom. The third kappa shape index (κ3) is 3.90. The molecule has 110 valence electrons. The molecule has 1 aromatic heterocycles. The van der Waals surface area contributed by atoms with Crippen LogP contribution in [0.5, 0.6) is 5.75 Å². The van der Waals surface area contributed by atoms with E-state index in [1.807, 2.05) is 0 Å². The second kappa shape index (κ2) is 6.19. The van der Waals surface area contributed by atoms with Gasteiger partial charge < -0.3 is 15.3 Å². The maximum absolute atomic E-state index is 10.8. The van der Waals surface area contributed by atoms with Crippen molar-refractivity contribution in [2.45, 2.75) is 6.54 Å². The molecule has 0 atom stereocenters. The maximum atomic E-state index is 10.8. The summed E-state index contributed by atoms with van der Waals surface area (Å²) >= 11 is 0. The first kappa shape index (κ1) is 14.7. The summed E-state index contributed by atoms with van der Waals surface area (Å²) in [6.07, 6.45) is 0. The number of aliphatic carboxylic acids is 2. The van der Waals surface area contributed by atoms with E-state index in [1.165, 1.54) is 11.0 Å². The van der Waals surface area contributed by atoms with Crippen molar-refractivity contribution in [3.63, 3.8) is 0 Å². The number of phenolic OH excluding ortho intramolecular Hbond substituents is 1. The number of aromatic hydroxyl groups is 1. The number of fused-ring (bicyclic) bond motifs is 1. The molecule has 2 aromatic rings. The van der Waals surface area contributed by atoms with Gasteiger partial charge in [-0.1, -0.05) is 18.2 Å². The van der Waals surface area contributed by atoms with E-state index >= 15 is 0 Å². The van der Waals surface area contributed by atoms with Crippen molar-refractivity contribution in [1.29, 1.82) is 0 Å². The van der Waals surface area contributed by atoms with Crippen LogP contribution in [0.15, 0.2) is 30.3 Å². The molecule has 7 heteroatoms. The smallest absolute Gasteiger partial charge is 0.317 e. The van der Waals surface area contributed by atoms with E-state index in [1.54, 1.807) is 24.3 Å². The summed E-state index contributed by atoms with van der Waals surface area (Å²) < 4.78 is 0. The molecule has 0 amide bonds. The van der Waals surface area contributed by atoms with E-state index in [-0.39, 0.29) is 12.3 Å². The number of carboxylic acids is 2. The lowest BCUT2D eigenvalue weighted by Crippen LogP contribution is -2.34. The predicted octanol–water partition coefficient (Wildman–Crippen LogP) is 0.912. The number of hydrogen-bond donors (Lipinski definition) is 3. The molecule has 0 saturated carbocycles. The monoisotopic (exact) mass is 290 g/mol. The molecular weight excluding hydrogens is 276 g/mol. The Balaban J connectivity index is 2.25. The quantitative estimate of drug-likeness (QED) is 0.725. The molecule has 1 aromatic carbocycles. The molecule has 0 fully saturated rings. The highest BCUT2D eigenvalue weighted by molar-refractivity contribution is 5.84. The van der Waals surface area contributed by atoms with E-state index in [4.69, 9.17) is 10.2 Å². The van der Waals surface area contributed by atoms with Crippen molar-refractivity contribution >= 4 is 22.8 Å². The molecule has 0 spiro atoms. The van der Waals surface area contributed by atoms with Crippen LogP contribution in [0.1, 0.15) is 5.69 Å². The lowest BCUT2D eigenvalue weighted by molar-refractivity contribution is -0.142. The van der Waals surface area contributed by atoms with E-state index in [0.717, 1.165) is 5.39 Å². The molecule has 1 heterocycles. The number of carboxylic acid groups (broad SMARTS) is 2. The molecule has 21 heavy (non-hydrogen) atoms. The van der Waals surface area contributed by atoms with Gasteiger partial charge in [-0.05, 0) is 12.1 Å². The van der Waals surface area contributed by atoms with Gasteiger partial charge >= 0.3 is 11.9 Å². The van der Waals surface area contributed by atoms with Gasteiger partial charge in [-0.2, -0.15) is 0 Å². The van der Waals surface area contributed by atoms with Crippen molar-refractivity contribution in [2.75, 3.05) is 13.1 Å². The number of para-hydroxylation sites is 1. The van der Waals surface area contributed by atoms with Gasteiger partial charge in [0.2, 0.25) is 0 Å². The highest BCUT2D eigenvalue weighted by atomic mass is 16.4. The van der Waals surface area contributed by atoms with E-state index in [2.05, 4.69) is 4.98 Å². The number of aromatic nitrogens is 1. The molecule has 0 aliphatic rings. The minimum Gasteiger partial charge on any atom is -0.506 e. The first-order chi connectivity index (χ1) is 9.95. The molecule has 0 saturated heterocycles. The van der Waals surface area contributed by atoms with Crippen molar-refractivity contribution < 1.29 is 24.9 Å². The zero-order valence-corrected chi connectivity index (χ0v) is 11.1. The van der Waals surface area contributed by atoms with Crippen LogP contribution in [0.3, 0.4) is 0 Å². The Morgan fingerprint density at radius 3 is 2.33 bits per heavy atom. The number of phenols is 1.